The van der Waals surface area contributed by atoms with Gasteiger partial charge in [0.05, 0.1) is 18.3 Å². The van der Waals surface area contributed by atoms with Crippen molar-refractivity contribution in [2.75, 3.05) is 5.75 Å². The predicted octanol–water partition coefficient (Wildman–Crippen LogP) is 1.55. The summed E-state index contributed by atoms with van der Waals surface area (Å²) in [6, 6.07) is 2.94. The third-order valence-corrected chi connectivity index (χ3v) is 3.51. The Morgan fingerprint density at radius 2 is 2.56 bits per heavy atom. The first-order chi connectivity index (χ1) is 7.78. The van der Waals surface area contributed by atoms with Crippen LogP contribution >= 0.6 is 11.8 Å². The molecular weight excluding hydrogens is 220 g/mol. The number of hydrogen-bond acceptors (Lipinski definition) is 4. The molecule has 5 heteroatoms. The van der Waals surface area contributed by atoms with Gasteiger partial charge in [-0.3, -0.25) is 10.00 Å². The van der Waals surface area contributed by atoms with Crippen molar-refractivity contribution in [1.82, 2.24) is 15.1 Å². The van der Waals surface area contributed by atoms with Crippen LogP contribution in [0.3, 0.4) is 0 Å². The van der Waals surface area contributed by atoms with E-state index in [9.17, 15) is 0 Å². The lowest BCUT2D eigenvalue weighted by Gasteiger charge is -2.09. The monoisotopic (exact) mass is 236 g/mol. The average Bonchev–Trinajstić information content (AvgIpc) is 3.00. The molecule has 0 aliphatic heterocycles. The molecular formula is C11H16N4S. The molecule has 1 atom stereocenters. The molecule has 4 nitrogen and oxygen atoms in total. The average molecular weight is 236 g/mol. The van der Waals surface area contributed by atoms with E-state index in [1.54, 1.807) is 16.4 Å². The van der Waals surface area contributed by atoms with E-state index in [2.05, 4.69) is 16.5 Å². The zero-order chi connectivity index (χ0) is 11.4. The Balaban J connectivity index is 1.67. The van der Waals surface area contributed by atoms with E-state index < -0.39 is 0 Å². The zero-order valence-electron chi connectivity index (χ0n) is 9.39. The Morgan fingerprint density at radius 3 is 3.12 bits per heavy atom. The van der Waals surface area contributed by atoms with Crippen LogP contribution in [0.5, 0.6) is 0 Å². The van der Waals surface area contributed by atoms with Gasteiger partial charge in [-0.15, -0.1) is 11.8 Å². The number of hydrogen-bond donors (Lipinski definition) is 1. The lowest BCUT2D eigenvalue weighted by Crippen LogP contribution is -2.29. The van der Waals surface area contributed by atoms with Crippen LogP contribution in [0.25, 0.3) is 0 Å². The molecule has 2 rings (SSSR count). The van der Waals surface area contributed by atoms with Gasteiger partial charge in [0.1, 0.15) is 0 Å². The molecule has 1 aliphatic rings. The van der Waals surface area contributed by atoms with Crippen molar-refractivity contribution in [3.63, 3.8) is 0 Å². The van der Waals surface area contributed by atoms with Crippen molar-refractivity contribution >= 4 is 11.8 Å². The SMILES string of the molecule is Cn1cc(SCCC(C#N)NC2CC2)cn1. The molecule has 86 valence electrons. The third kappa shape index (κ3) is 3.54. The van der Waals surface area contributed by atoms with Crippen LogP contribution in [-0.2, 0) is 7.05 Å². The van der Waals surface area contributed by atoms with Crippen LogP contribution in [0.2, 0.25) is 0 Å². The smallest absolute Gasteiger partial charge is 0.0963 e. The van der Waals surface area contributed by atoms with E-state index in [0.29, 0.717) is 6.04 Å². The van der Waals surface area contributed by atoms with Crippen molar-refractivity contribution < 1.29 is 0 Å². The summed E-state index contributed by atoms with van der Waals surface area (Å²) in [5.41, 5.74) is 0. The lowest BCUT2D eigenvalue weighted by atomic mass is 10.2. The van der Waals surface area contributed by atoms with Crippen LogP contribution in [0.4, 0.5) is 0 Å². The van der Waals surface area contributed by atoms with E-state index in [-0.39, 0.29) is 6.04 Å². The fourth-order valence-corrected chi connectivity index (χ4v) is 2.43. The fourth-order valence-electron chi connectivity index (χ4n) is 1.49. The summed E-state index contributed by atoms with van der Waals surface area (Å²) < 4.78 is 1.80. The number of aromatic nitrogens is 2. The van der Waals surface area contributed by atoms with Crippen molar-refractivity contribution in [3.05, 3.63) is 12.4 Å². The van der Waals surface area contributed by atoms with Crippen LogP contribution in [-0.4, -0.2) is 27.6 Å². The molecule has 1 N–H and O–H groups in total. The highest BCUT2D eigenvalue weighted by Crippen LogP contribution is 2.21. The van der Waals surface area contributed by atoms with Crippen molar-refractivity contribution in [3.8, 4) is 6.07 Å². The van der Waals surface area contributed by atoms with E-state index in [1.807, 2.05) is 19.4 Å². The predicted molar refractivity (Wildman–Crippen MR) is 64.1 cm³/mol. The summed E-state index contributed by atoms with van der Waals surface area (Å²) in [6.07, 6.45) is 7.22. The summed E-state index contributed by atoms with van der Waals surface area (Å²) in [5, 5.41) is 16.4. The number of nitrogens with one attached hydrogen (secondary N) is 1. The van der Waals surface area contributed by atoms with Gasteiger partial charge in [-0.2, -0.15) is 10.4 Å². The Labute approximate surface area is 100 Å². The lowest BCUT2D eigenvalue weighted by molar-refractivity contribution is 0.587. The van der Waals surface area contributed by atoms with Crippen molar-refractivity contribution in [1.29, 1.82) is 5.26 Å². The van der Waals surface area contributed by atoms with Crippen molar-refractivity contribution in [2.24, 2.45) is 7.05 Å². The topological polar surface area (TPSA) is 53.6 Å². The Hall–Kier alpha value is -0.990. The first kappa shape index (κ1) is 11.5. The first-order valence-corrected chi connectivity index (χ1v) is 6.53. The molecule has 1 aliphatic carbocycles. The van der Waals surface area contributed by atoms with Crippen molar-refractivity contribution in [2.45, 2.75) is 36.2 Å². The largest absolute Gasteiger partial charge is 0.299 e. The molecule has 0 spiro atoms. The summed E-state index contributed by atoms with van der Waals surface area (Å²) in [4.78, 5) is 1.17. The molecule has 1 saturated carbocycles. The van der Waals surface area contributed by atoms with E-state index in [4.69, 9.17) is 5.26 Å². The Morgan fingerprint density at radius 1 is 1.75 bits per heavy atom. The number of thioether (sulfide) groups is 1. The third-order valence-electron chi connectivity index (χ3n) is 2.53. The van der Waals surface area contributed by atoms with Gasteiger partial charge in [-0.1, -0.05) is 0 Å². The van der Waals surface area contributed by atoms with Gasteiger partial charge in [-0.05, 0) is 19.3 Å². The molecule has 0 aromatic carbocycles. The van der Waals surface area contributed by atoms with Gasteiger partial charge in [0.15, 0.2) is 0 Å². The molecule has 1 heterocycles. The fraction of sp³-hybridized carbons (Fsp3) is 0.636. The second-order valence-electron chi connectivity index (χ2n) is 4.11. The summed E-state index contributed by atoms with van der Waals surface area (Å²) in [5.74, 6) is 0.962. The van der Waals surface area contributed by atoms with E-state index in [0.717, 1.165) is 12.2 Å². The van der Waals surface area contributed by atoms with Crippen LogP contribution in [0.1, 0.15) is 19.3 Å². The molecule has 16 heavy (non-hydrogen) atoms. The maximum absolute atomic E-state index is 8.97. The standard InChI is InChI=1S/C11H16N4S/c1-15-8-11(7-13-15)16-5-4-10(6-12)14-9-2-3-9/h7-10,14H,2-5H2,1H3. The van der Waals surface area contributed by atoms with Gasteiger partial charge in [-0.25, -0.2) is 0 Å². The minimum absolute atomic E-state index is 0.0108. The number of rotatable bonds is 6. The minimum Gasteiger partial charge on any atom is -0.299 e. The highest BCUT2D eigenvalue weighted by molar-refractivity contribution is 7.99. The molecule has 0 amide bonds. The summed E-state index contributed by atoms with van der Waals surface area (Å²) in [6.45, 7) is 0. The second-order valence-corrected chi connectivity index (χ2v) is 5.28. The van der Waals surface area contributed by atoms with E-state index in [1.165, 1.54) is 17.7 Å². The second kappa shape index (κ2) is 5.37. The van der Waals surface area contributed by atoms with Crippen LogP contribution < -0.4 is 5.32 Å². The molecule has 1 aromatic heterocycles. The van der Waals surface area contributed by atoms with Crippen LogP contribution in [0.15, 0.2) is 17.3 Å². The highest BCUT2D eigenvalue weighted by atomic mass is 32.2. The molecule has 0 radical (unpaired) electrons. The minimum atomic E-state index is 0.0108. The highest BCUT2D eigenvalue weighted by Gasteiger charge is 2.24. The quantitative estimate of drug-likeness (QED) is 0.761. The number of nitrogens with zero attached hydrogens (tertiary/aromatic N) is 3. The van der Waals surface area contributed by atoms with Gasteiger partial charge < -0.3 is 0 Å². The van der Waals surface area contributed by atoms with Gasteiger partial charge in [0, 0.05) is 29.9 Å². The summed E-state index contributed by atoms with van der Waals surface area (Å²) in [7, 11) is 1.91. The molecule has 1 fully saturated rings. The zero-order valence-corrected chi connectivity index (χ0v) is 10.2. The molecule has 1 aromatic rings. The van der Waals surface area contributed by atoms with Gasteiger partial charge in [0.2, 0.25) is 0 Å². The number of nitriles is 1. The van der Waals surface area contributed by atoms with Gasteiger partial charge in [0.25, 0.3) is 0 Å². The first-order valence-electron chi connectivity index (χ1n) is 5.55. The Kier molecular flexibility index (Phi) is 3.86. The van der Waals surface area contributed by atoms with Gasteiger partial charge >= 0.3 is 0 Å². The normalized spacial score (nSPS) is 17.0. The van der Waals surface area contributed by atoms with Crippen LogP contribution in [0, 0.1) is 11.3 Å². The maximum atomic E-state index is 8.97. The molecule has 0 saturated heterocycles. The maximum Gasteiger partial charge on any atom is 0.0963 e. The molecule has 0 bridgehead atoms. The number of aryl methyl sites for hydroxylation is 1. The summed E-state index contributed by atoms with van der Waals surface area (Å²) >= 11 is 1.76. The Bertz CT molecular complexity index is 378. The van der Waals surface area contributed by atoms with E-state index >= 15 is 0 Å². The molecule has 1 unspecified atom stereocenters.